The molecule has 0 radical (unpaired) electrons. The Morgan fingerprint density at radius 3 is 2.61 bits per heavy atom. The van der Waals surface area contributed by atoms with Crippen LogP contribution in [0.15, 0.2) is 16.3 Å². The highest BCUT2D eigenvalue weighted by Crippen LogP contribution is 2.29. The Morgan fingerprint density at radius 1 is 1.50 bits per heavy atom. The predicted octanol–water partition coefficient (Wildman–Crippen LogP) is 1.20. The molecule has 2 rings (SSSR count). The lowest BCUT2D eigenvalue weighted by atomic mass is 9.88. The molecule has 100 valence electrons. The lowest BCUT2D eigenvalue weighted by Gasteiger charge is -2.23. The molecule has 1 amide bonds. The maximum Gasteiger partial charge on any atom is 0.250 e. The lowest BCUT2D eigenvalue weighted by molar-refractivity contribution is -0.121. The van der Waals surface area contributed by atoms with Crippen LogP contribution in [0.1, 0.15) is 13.8 Å². The number of rotatable bonds is 3. The molecule has 1 atom stereocenters. The fourth-order valence-corrected chi connectivity index (χ4v) is 4.61. The summed E-state index contributed by atoms with van der Waals surface area (Å²) >= 11 is 6.68. The third-order valence-electron chi connectivity index (χ3n) is 2.85. The van der Waals surface area contributed by atoms with Gasteiger partial charge in [0, 0.05) is 12.0 Å². The molecule has 1 aliphatic heterocycles. The van der Waals surface area contributed by atoms with Gasteiger partial charge in [0.15, 0.2) is 0 Å². The number of nitrogens with one attached hydrogen (secondary N) is 2. The number of carbonyl (C=O) groups is 1. The SMILES string of the molecule is CC1(C)CNC(=O)C1NS(=O)(=O)c1ccc(Cl)s1. The van der Waals surface area contributed by atoms with Gasteiger partial charge in [-0.25, -0.2) is 8.42 Å². The maximum atomic E-state index is 12.1. The molecule has 1 saturated heterocycles. The molecule has 18 heavy (non-hydrogen) atoms. The fourth-order valence-electron chi connectivity index (χ4n) is 1.74. The van der Waals surface area contributed by atoms with Crippen LogP contribution in [-0.4, -0.2) is 26.9 Å². The first kappa shape index (κ1) is 13.8. The number of amides is 1. The average molecular weight is 309 g/mol. The van der Waals surface area contributed by atoms with Crippen LogP contribution in [0.2, 0.25) is 4.34 Å². The van der Waals surface area contributed by atoms with E-state index in [0.717, 1.165) is 11.3 Å². The topological polar surface area (TPSA) is 75.3 Å². The van der Waals surface area contributed by atoms with E-state index in [1.165, 1.54) is 12.1 Å². The molecule has 0 spiro atoms. The molecule has 0 bridgehead atoms. The van der Waals surface area contributed by atoms with Crippen LogP contribution in [0.3, 0.4) is 0 Å². The zero-order chi connectivity index (χ0) is 13.6. The normalized spacial score (nSPS) is 23.1. The Labute approximate surface area is 115 Å². The summed E-state index contributed by atoms with van der Waals surface area (Å²) < 4.78 is 27.1. The summed E-state index contributed by atoms with van der Waals surface area (Å²) in [5, 5.41) is 2.65. The van der Waals surface area contributed by atoms with Crippen molar-refractivity contribution in [3.63, 3.8) is 0 Å². The van der Waals surface area contributed by atoms with Gasteiger partial charge in [-0.2, -0.15) is 4.72 Å². The molecule has 5 nitrogen and oxygen atoms in total. The van der Waals surface area contributed by atoms with Gasteiger partial charge in [-0.05, 0) is 12.1 Å². The van der Waals surface area contributed by atoms with Gasteiger partial charge < -0.3 is 5.32 Å². The number of halogens is 1. The molecule has 1 unspecified atom stereocenters. The predicted molar refractivity (Wildman–Crippen MR) is 70.2 cm³/mol. The van der Waals surface area contributed by atoms with E-state index < -0.39 is 21.5 Å². The first-order valence-electron chi connectivity index (χ1n) is 5.28. The number of sulfonamides is 1. The molecule has 8 heteroatoms. The second kappa shape index (κ2) is 4.48. The molecule has 0 aliphatic carbocycles. The highest BCUT2D eigenvalue weighted by atomic mass is 35.5. The molecule has 0 saturated carbocycles. The number of carbonyl (C=O) groups excluding carboxylic acids is 1. The van der Waals surface area contributed by atoms with Crippen LogP contribution in [0.25, 0.3) is 0 Å². The van der Waals surface area contributed by atoms with Gasteiger partial charge in [0.05, 0.1) is 4.34 Å². The Balaban J connectivity index is 2.26. The summed E-state index contributed by atoms with van der Waals surface area (Å²) in [6, 6.07) is 2.18. The Bertz CT molecular complexity index is 580. The van der Waals surface area contributed by atoms with Crippen molar-refractivity contribution in [2.24, 2.45) is 5.41 Å². The minimum atomic E-state index is -3.70. The summed E-state index contributed by atoms with van der Waals surface area (Å²) in [5.41, 5.74) is -0.453. The van der Waals surface area contributed by atoms with E-state index in [4.69, 9.17) is 11.6 Å². The monoisotopic (exact) mass is 308 g/mol. The van der Waals surface area contributed by atoms with Gasteiger partial charge in [0.25, 0.3) is 10.0 Å². The van der Waals surface area contributed by atoms with Crippen molar-refractivity contribution in [2.75, 3.05) is 6.54 Å². The standard InChI is InChI=1S/C10H13ClN2O3S2/c1-10(2)5-12-9(14)8(10)13-18(15,16)7-4-3-6(11)17-7/h3-4,8,13H,5H2,1-2H3,(H,12,14). The van der Waals surface area contributed by atoms with E-state index in [0.29, 0.717) is 10.9 Å². The van der Waals surface area contributed by atoms with E-state index in [-0.39, 0.29) is 10.1 Å². The Morgan fingerprint density at radius 2 is 2.17 bits per heavy atom. The van der Waals surface area contributed by atoms with Crippen LogP contribution in [0, 0.1) is 5.41 Å². The van der Waals surface area contributed by atoms with Crippen LogP contribution in [0.5, 0.6) is 0 Å². The molecular weight excluding hydrogens is 296 g/mol. The summed E-state index contributed by atoms with van der Waals surface area (Å²) in [6.45, 7) is 4.11. The van der Waals surface area contributed by atoms with E-state index in [1.54, 1.807) is 0 Å². The summed E-state index contributed by atoms with van der Waals surface area (Å²) in [7, 11) is -3.70. The number of hydrogen-bond donors (Lipinski definition) is 2. The van der Waals surface area contributed by atoms with Crippen molar-refractivity contribution in [3.05, 3.63) is 16.5 Å². The van der Waals surface area contributed by atoms with Gasteiger partial charge in [-0.3, -0.25) is 4.79 Å². The summed E-state index contributed by atoms with van der Waals surface area (Å²) in [5.74, 6) is -0.300. The summed E-state index contributed by atoms with van der Waals surface area (Å²) in [6.07, 6.45) is 0. The zero-order valence-corrected chi connectivity index (χ0v) is 12.2. The van der Waals surface area contributed by atoms with E-state index in [9.17, 15) is 13.2 Å². The minimum Gasteiger partial charge on any atom is -0.354 e. The molecule has 2 N–H and O–H groups in total. The molecule has 1 aliphatic rings. The summed E-state index contributed by atoms with van der Waals surface area (Å²) in [4.78, 5) is 11.6. The minimum absolute atomic E-state index is 0.114. The van der Waals surface area contributed by atoms with Gasteiger partial charge in [-0.1, -0.05) is 25.4 Å². The molecule has 1 aromatic heterocycles. The highest BCUT2D eigenvalue weighted by Gasteiger charge is 2.43. The smallest absolute Gasteiger partial charge is 0.250 e. The van der Waals surface area contributed by atoms with Crippen LogP contribution in [0.4, 0.5) is 0 Å². The van der Waals surface area contributed by atoms with Crippen LogP contribution < -0.4 is 10.0 Å². The molecular formula is C10H13ClN2O3S2. The first-order chi connectivity index (χ1) is 8.22. The molecule has 2 heterocycles. The largest absolute Gasteiger partial charge is 0.354 e. The van der Waals surface area contributed by atoms with Crippen molar-refractivity contribution in [2.45, 2.75) is 24.1 Å². The molecule has 1 aromatic rings. The van der Waals surface area contributed by atoms with Crippen molar-refractivity contribution in [1.82, 2.24) is 10.0 Å². The lowest BCUT2D eigenvalue weighted by Crippen LogP contribution is -2.46. The van der Waals surface area contributed by atoms with Gasteiger partial charge in [0.1, 0.15) is 10.3 Å². The molecule has 1 fully saturated rings. The van der Waals surface area contributed by atoms with Crippen molar-refractivity contribution in [1.29, 1.82) is 0 Å². The third kappa shape index (κ3) is 2.54. The van der Waals surface area contributed by atoms with Crippen molar-refractivity contribution < 1.29 is 13.2 Å². The fraction of sp³-hybridized carbons (Fsp3) is 0.500. The number of thiophene rings is 1. The quantitative estimate of drug-likeness (QED) is 0.881. The van der Waals surface area contributed by atoms with Gasteiger partial charge in [0.2, 0.25) is 5.91 Å². The van der Waals surface area contributed by atoms with E-state index in [1.807, 2.05) is 13.8 Å². The van der Waals surface area contributed by atoms with Gasteiger partial charge >= 0.3 is 0 Å². The molecule has 0 aromatic carbocycles. The van der Waals surface area contributed by atoms with E-state index in [2.05, 4.69) is 10.0 Å². The van der Waals surface area contributed by atoms with Gasteiger partial charge in [-0.15, -0.1) is 11.3 Å². The van der Waals surface area contributed by atoms with Crippen molar-refractivity contribution in [3.8, 4) is 0 Å². The van der Waals surface area contributed by atoms with Crippen molar-refractivity contribution >= 4 is 38.9 Å². The average Bonchev–Trinajstić information content (AvgIpc) is 2.78. The highest BCUT2D eigenvalue weighted by molar-refractivity contribution is 7.91. The zero-order valence-electron chi connectivity index (χ0n) is 9.86. The van der Waals surface area contributed by atoms with Crippen LogP contribution in [-0.2, 0) is 14.8 Å². The first-order valence-corrected chi connectivity index (χ1v) is 7.95. The Hall–Kier alpha value is -0.630. The second-order valence-electron chi connectivity index (χ2n) is 4.82. The second-order valence-corrected chi connectivity index (χ2v) is 8.48. The Kier molecular flexibility index (Phi) is 3.44. The maximum absolute atomic E-state index is 12.1. The third-order valence-corrected chi connectivity index (χ3v) is 5.99. The van der Waals surface area contributed by atoms with E-state index >= 15 is 0 Å². The van der Waals surface area contributed by atoms with Crippen LogP contribution >= 0.6 is 22.9 Å². The number of hydrogen-bond acceptors (Lipinski definition) is 4.